The van der Waals surface area contributed by atoms with Crippen LogP contribution in [0.1, 0.15) is 32.1 Å². The summed E-state index contributed by atoms with van der Waals surface area (Å²) < 4.78 is 5.39. The van der Waals surface area contributed by atoms with Crippen LogP contribution in [-0.2, 0) is 9.53 Å². The Morgan fingerprint density at radius 3 is 2.41 bits per heavy atom. The van der Waals surface area contributed by atoms with Crippen molar-refractivity contribution in [2.45, 2.75) is 32.1 Å². The molecule has 3 heteroatoms. The molecule has 2 atom stereocenters. The Morgan fingerprint density at radius 1 is 1.18 bits per heavy atom. The van der Waals surface area contributed by atoms with Gasteiger partial charge in [0.2, 0.25) is 0 Å². The van der Waals surface area contributed by atoms with E-state index in [1.165, 1.54) is 38.6 Å². The zero-order chi connectivity index (χ0) is 11.7. The Kier molecular flexibility index (Phi) is 3.22. The van der Waals surface area contributed by atoms with Crippen LogP contribution in [0.5, 0.6) is 0 Å². The first kappa shape index (κ1) is 11.7. The van der Waals surface area contributed by atoms with Gasteiger partial charge < -0.3 is 14.4 Å². The van der Waals surface area contributed by atoms with Crippen LogP contribution in [0.15, 0.2) is 0 Å². The van der Waals surface area contributed by atoms with Gasteiger partial charge in [-0.05, 0) is 37.5 Å². The van der Waals surface area contributed by atoms with Crippen molar-refractivity contribution in [2.24, 2.45) is 17.3 Å². The van der Waals surface area contributed by atoms with Gasteiger partial charge in [0.15, 0.2) is 0 Å². The van der Waals surface area contributed by atoms with E-state index in [0.717, 1.165) is 44.4 Å². The van der Waals surface area contributed by atoms with Crippen molar-refractivity contribution < 1.29 is 9.53 Å². The molecule has 0 aromatic heterocycles. The van der Waals surface area contributed by atoms with Gasteiger partial charge in [0, 0.05) is 38.3 Å². The second-order valence-electron chi connectivity index (χ2n) is 6.24. The van der Waals surface area contributed by atoms with E-state index >= 15 is 0 Å². The topological polar surface area (TPSA) is 29.5 Å². The van der Waals surface area contributed by atoms with Crippen LogP contribution in [0.25, 0.3) is 0 Å². The highest BCUT2D eigenvalue weighted by Crippen LogP contribution is 2.39. The molecular formula is C14H23NO2. The van der Waals surface area contributed by atoms with E-state index in [9.17, 15) is 4.79 Å². The van der Waals surface area contributed by atoms with Crippen molar-refractivity contribution in [2.75, 3.05) is 32.8 Å². The number of nitrogens with zero attached hydrogens (tertiary/aromatic N) is 1. The molecule has 3 nitrogen and oxygen atoms in total. The number of fused-ring (bicyclic) bond motifs is 1. The molecule has 3 rings (SSSR count). The molecule has 3 aliphatic rings. The second kappa shape index (κ2) is 4.69. The second-order valence-corrected chi connectivity index (χ2v) is 6.24. The average molecular weight is 237 g/mol. The fourth-order valence-corrected chi connectivity index (χ4v) is 4.00. The van der Waals surface area contributed by atoms with E-state index < -0.39 is 0 Å². The molecule has 1 saturated carbocycles. The molecular weight excluding hydrogens is 214 g/mol. The molecule has 0 bridgehead atoms. The number of ether oxygens (including phenoxy) is 1. The van der Waals surface area contributed by atoms with Crippen molar-refractivity contribution in [3.63, 3.8) is 0 Å². The molecule has 0 radical (unpaired) electrons. The van der Waals surface area contributed by atoms with E-state index in [1.807, 2.05) is 0 Å². The average Bonchev–Trinajstić information content (AvgIpc) is 2.91. The molecule has 0 spiro atoms. The number of hydrogen-bond donors (Lipinski definition) is 0. The van der Waals surface area contributed by atoms with Crippen LogP contribution >= 0.6 is 0 Å². The smallest absolute Gasteiger partial charge is 0.127 e. The Morgan fingerprint density at radius 2 is 1.82 bits per heavy atom. The molecule has 3 fully saturated rings. The van der Waals surface area contributed by atoms with Gasteiger partial charge in [-0.1, -0.05) is 6.42 Å². The van der Waals surface area contributed by atoms with Crippen LogP contribution in [0.3, 0.4) is 0 Å². The standard InChI is InChI=1S/C14H23NO2/c16-11-14(4-6-17-7-5-14)10-15-8-12-2-1-3-13(12)9-15/h11-13H,1-10H2. The summed E-state index contributed by atoms with van der Waals surface area (Å²) >= 11 is 0. The van der Waals surface area contributed by atoms with E-state index in [1.54, 1.807) is 0 Å². The van der Waals surface area contributed by atoms with Crippen molar-refractivity contribution in [1.29, 1.82) is 0 Å². The third kappa shape index (κ3) is 2.27. The van der Waals surface area contributed by atoms with E-state index in [2.05, 4.69) is 4.90 Å². The quantitative estimate of drug-likeness (QED) is 0.700. The van der Waals surface area contributed by atoms with E-state index in [0.29, 0.717) is 0 Å². The molecule has 0 amide bonds. The number of likely N-dealkylation sites (tertiary alicyclic amines) is 1. The highest BCUT2D eigenvalue weighted by molar-refractivity contribution is 5.60. The summed E-state index contributed by atoms with van der Waals surface area (Å²) in [5.74, 6) is 1.86. The maximum absolute atomic E-state index is 11.4. The molecule has 2 unspecified atom stereocenters. The Balaban J connectivity index is 1.60. The molecule has 0 N–H and O–H groups in total. The first-order valence-corrected chi connectivity index (χ1v) is 7.08. The van der Waals surface area contributed by atoms with Crippen molar-refractivity contribution in [3.05, 3.63) is 0 Å². The minimum atomic E-state index is -0.100. The lowest BCUT2D eigenvalue weighted by Crippen LogP contribution is -2.42. The van der Waals surface area contributed by atoms with Gasteiger partial charge in [0.1, 0.15) is 6.29 Å². The van der Waals surface area contributed by atoms with Gasteiger partial charge in [-0.15, -0.1) is 0 Å². The third-order valence-corrected chi connectivity index (χ3v) is 5.08. The highest BCUT2D eigenvalue weighted by atomic mass is 16.5. The van der Waals surface area contributed by atoms with Crippen LogP contribution < -0.4 is 0 Å². The molecule has 1 aliphatic carbocycles. The van der Waals surface area contributed by atoms with Crippen LogP contribution in [0.2, 0.25) is 0 Å². The molecule has 2 heterocycles. The van der Waals surface area contributed by atoms with Crippen molar-refractivity contribution in [3.8, 4) is 0 Å². The Hall–Kier alpha value is -0.410. The van der Waals surface area contributed by atoms with Crippen molar-refractivity contribution >= 4 is 6.29 Å². The summed E-state index contributed by atoms with van der Waals surface area (Å²) in [6.45, 7) is 4.98. The molecule has 2 aliphatic heterocycles. The van der Waals surface area contributed by atoms with Gasteiger partial charge in [-0.3, -0.25) is 0 Å². The van der Waals surface area contributed by atoms with Crippen LogP contribution in [-0.4, -0.2) is 44.0 Å². The lowest BCUT2D eigenvalue weighted by atomic mass is 9.81. The van der Waals surface area contributed by atoms with E-state index in [4.69, 9.17) is 4.74 Å². The first-order valence-electron chi connectivity index (χ1n) is 7.08. The molecule has 2 saturated heterocycles. The molecule has 96 valence electrons. The SMILES string of the molecule is O=CC1(CN2CC3CCCC3C2)CCOCC1. The van der Waals surface area contributed by atoms with Crippen LogP contribution in [0.4, 0.5) is 0 Å². The van der Waals surface area contributed by atoms with Gasteiger partial charge in [0.25, 0.3) is 0 Å². The lowest BCUT2D eigenvalue weighted by molar-refractivity contribution is -0.122. The number of carbonyl (C=O) groups is 1. The summed E-state index contributed by atoms with van der Waals surface area (Å²) in [7, 11) is 0. The fraction of sp³-hybridized carbons (Fsp3) is 0.929. The van der Waals surface area contributed by atoms with Gasteiger partial charge in [-0.2, -0.15) is 0 Å². The predicted molar refractivity (Wildman–Crippen MR) is 65.8 cm³/mol. The minimum absolute atomic E-state index is 0.100. The summed E-state index contributed by atoms with van der Waals surface area (Å²) in [5, 5.41) is 0. The predicted octanol–water partition coefficient (Wildman–Crippen LogP) is 1.71. The van der Waals surface area contributed by atoms with Gasteiger partial charge in [0.05, 0.1) is 0 Å². The zero-order valence-corrected chi connectivity index (χ0v) is 10.6. The summed E-state index contributed by atoms with van der Waals surface area (Å²) in [6.07, 6.45) is 7.31. The largest absolute Gasteiger partial charge is 0.381 e. The minimum Gasteiger partial charge on any atom is -0.381 e. The van der Waals surface area contributed by atoms with E-state index in [-0.39, 0.29) is 5.41 Å². The monoisotopic (exact) mass is 237 g/mol. The Labute approximate surface area is 104 Å². The fourth-order valence-electron chi connectivity index (χ4n) is 4.00. The number of carbonyl (C=O) groups excluding carboxylic acids is 1. The number of hydrogen-bond acceptors (Lipinski definition) is 3. The zero-order valence-electron chi connectivity index (χ0n) is 10.6. The summed E-state index contributed by atoms with van der Waals surface area (Å²) in [6, 6.07) is 0. The van der Waals surface area contributed by atoms with Gasteiger partial charge >= 0.3 is 0 Å². The maximum atomic E-state index is 11.4. The Bertz CT molecular complexity index is 274. The summed E-state index contributed by atoms with van der Waals surface area (Å²) in [4.78, 5) is 14.0. The highest BCUT2D eigenvalue weighted by Gasteiger charge is 2.40. The van der Waals surface area contributed by atoms with Crippen molar-refractivity contribution in [1.82, 2.24) is 4.90 Å². The maximum Gasteiger partial charge on any atom is 0.127 e. The lowest BCUT2D eigenvalue weighted by Gasteiger charge is -2.35. The molecule has 0 aromatic carbocycles. The first-order chi connectivity index (χ1) is 8.31. The van der Waals surface area contributed by atoms with Crippen LogP contribution in [0, 0.1) is 17.3 Å². The molecule has 0 aromatic rings. The normalized spacial score (nSPS) is 36.9. The number of rotatable bonds is 3. The third-order valence-electron chi connectivity index (χ3n) is 5.08. The summed E-state index contributed by atoms with van der Waals surface area (Å²) in [5.41, 5.74) is -0.100. The molecule has 17 heavy (non-hydrogen) atoms. The van der Waals surface area contributed by atoms with Gasteiger partial charge in [-0.25, -0.2) is 0 Å². The number of aldehydes is 1.